The second-order valence-electron chi connectivity index (χ2n) is 4.47. The van der Waals surface area contributed by atoms with E-state index in [0.717, 1.165) is 6.54 Å². The van der Waals surface area contributed by atoms with Crippen molar-refractivity contribution in [3.05, 3.63) is 47.6 Å². The van der Waals surface area contributed by atoms with Crippen LogP contribution in [0.2, 0.25) is 0 Å². The van der Waals surface area contributed by atoms with Crippen LogP contribution in [0, 0.1) is 0 Å². The molecule has 0 saturated carbocycles. The molecule has 1 nitrogen and oxygen atoms in total. The molecule has 0 aliphatic carbocycles. The van der Waals surface area contributed by atoms with Crippen LogP contribution in [0.1, 0.15) is 33.6 Å². The molecule has 88 valence electrons. The molecule has 1 rings (SSSR count). The summed E-state index contributed by atoms with van der Waals surface area (Å²) in [6.45, 7) is 11.3. The van der Waals surface area contributed by atoms with E-state index < -0.39 is 0 Å². The molecule has 0 bridgehead atoms. The van der Waals surface area contributed by atoms with E-state index in [1.165, 1.54) is 29.6 Å². The highest BCUT2D eigenvalue weighted by Gasteiger charge is 2.19. The molecular weight excluding hydrogens is 194 g/mol. The summed E-state index contributed by atoms with van der Waals surface area (Å²) in [4.78, 5) is 0. The molecule has 0 aromatic rings. The van der Waals surface area contributed by atoms with Crippen LogP contribution in [0.4, 0.5) is 0 Å². The van der Waals surface area contributed by atoms with Gasteiger partial charge in [-0.05, 0) is 51.3 Å². The minimum absolute atomic E-state index is 0.500. The van der Waals surface area contributed by atoms with Crippen LogP contribution in [-0.4, -0.2) is 12.6 Å². The van der Waals surface area contributed by atoms with Crippen molar-refractivity contribution in [2.75, 3.05) is 6.54 Å². The molecule has 1 aliphatic heterocycles. The molecule has 16 heavy (non-hydrogen) atoms. The molecule has 1 saturated heterocycles. The van der Waals surface area contributed by atoms with Gasteiger partial charge in [0.2, 0.25) is 0 Å². The SMILES string of the molecule is C=C/C=C(\C(C=C(C)C)=C/C)C1CCCN1. The van der Waals surface area contributed by atoms with Crippen LogP contribution in [0.15, 0.2) is 47.6 Å². The highest BCUT2D eigenvalue weighted by molar-refractivity contribution is 5.45. The van der Waals surface area contributed by atoms with Gasteiger partial charge in [0.25, 0.3) is 0 Å². The average molecular weight is 217 g/mol. The van der Waals surface area contributed by atoms with Crippen molar-refractivity contribution in [2.24, 2.45) is 0 Å². The van der Waals surface area contributed by atoms with Crippen molar-refractivity contribution in [1.29, 1.82) is 0 Å². The molecule has 1 aliphatic rings. The van der Waals surface area contributed by atoms with Gasteiger partial charge in [-0.15, -0.1) is 0 Å². The lowest BCUT2D eigenvalue weighted by atomic mass is 9.95. The van der Waals surface area contributed by atoms with E-state index >= 15 is 0 Å². The van der Waals surface area contributed by atoms with Gasteiger partial charge in [-0.25, -0.2) is 0 Å². The summed E-state index contributed by atoms with van der Waals surface area (Å²) in [6, 6.07) is 0.500. The number of rotatable bonds is 4. The normalized spacial score (nSPS) is 22.1. The quantitative estimate of drug-likeness (QED) is 0.707. The van der Waals surface area contributed by atoms with Gasteiger partial charge in [-0.2, -0.15) is 0 Å². The van der Waals surface area contributed by atoms with E-state index in [0.29, 0.717) is 6.04 Å². The molecule has 1 heteroatoms. The van der Waals surface area contributed by atoms with E-state index in [2.05, 4.69) is 50.9 Å². The summed E-state index contributed by atoms with van der Waals surface area (Å²) >= 11 is 0. The Morgan fingerprint density at radius 3 is 2.56 bits per heavy atom. The Labute approximate surface area is 99.6 Å². The first-order chi connectivity index (χ1) is 7.69. The molecule has 0 aromatic carbocycles. The molecule has 1 atom stereocenters. The highest BCUT2D eigenvalue weighted by atomic mass is 14.9. The van der Waals surface area contributed by atoms with Crippen LogP contribution in [0.25, 0.3) is 0 Å². The second kappa shape index (κ2) is 6.49. The Morgan fingerprint density at radius 1 is 1.38 bits per heavy atom. The highest BCUT2D eigenvalue weighted by Crippen LogP contribution is 2.23. The van der Waals surface area contributed by atoms with Crippen LogP contribution >= 0.6 is 0 Å². The van der Waals surface area contributed by atoms with Crippen molar-refractivity contribution in [1.82, 2.24) is 5.32 Å². The third-order valence-corrected chi connectivity index (χ3v) is 2.82. The van der Waals surface area contributed by atoms with E-state index in [1.54, 1.807) is 0 Å². The predicted octanol–water partition coefficient (Wildman–Crippen LogP) is 3.76. The van der Waals surface area contributed by atoms with Gasteiger partial charge >= 0.3 is 0 Å². The maximum atomic E-state index is 3.82. The van der Waals surface area contributed by atoms with Gasteiger partial charge < -0.3 is 5.32 Å². The largest absolute Gasteiger partial charge is 0.310 e. The van der Waals surface area contributed by atoms with Crippen LogP contribution < -0.4 is 5.32 Å². The lowest BCUT2D eigenvalue weighted by Gasteiger charge is -2.16. The molecule has 1 fully saturated rings. The van der Waals surface area contributed by atoms with E-state index in [1.807, 2.05) is 6.08 Å². The maximum absolute atomic E-state index is 3.82. The minimum atomic E-state index is 0.500. The Balaban J connectivity index is 2.96. The topological polar surface area (TPSA) is 12.0 Å². The zero-order chi connectivity index (χ0) is 12.0. The number of nitrogens with one attached hydrogen (secondary N) is 1. The molecule has 1 N–H and O–H groups in total. The molecular formula is C15H23N. The van der Waals surface area contributed by atoms with Crippen molar-refractivity contribution in [3.63, 3.8) is 0 Å². The second-order valence-corrected chi connectivity index (χ2v) is 4.47. The summed E-state index contributed by atoms with van der Waals surface area (Å²) in [7, 11) is 0. The lowest BCUT2D eigenvalue weighted by molar-refractivity contribution is 0.697. The molecule has 0 radical (unpaired) electrons. The Hall–Kier alpha value is -1.08. The first-order valence-electron chi connectivity index (χ1n) is 6.06. The maximum Gasteiger partial charge on any atom is 0.0326 e. The Bertz CT molecular complexity index is 321. The first-order valence-corrected chi connectivity index (χ1v) is 6.06. The third-order valence-electron chi connectivity index (χ3n) is 2.82. The summed E-state index contributed by atoms with van der Waals surface area (Å²) < 4.78 is 0. The molecule has 0 spiro atoms. The molecule has 0 aromatic heterocycles. The van der Waals surface area contributed by atoms with Crippen molar-refractivity contribution >= 4 is 0 Å². The summed E-state index contributed by atoms with van der Waals surface area (Å²) in [6.07, 6.45) is 11.0. The van der Waals surface area contributed by atoms with Gasteiger partial charge in [0, 0.05) is 6.04 Å². The van der Waals surface area contributed by atoms with Gasteiger partial charge in [0.1, 0.15) is 0 Å². The molecule has 1 unspecified atom stereocenters. The minimum Gasteiger partial charge on any atom is -0.310 e. The summed E-state index contributed by atoms with van der Waals surface area (Å²) in [5.74, 6) is 0. The van der Waals surface area contributed by atoms with Crippen LogP contribution in [0.3, 0.4) is 0 Å². The Kier molecular flexibility index (Phi) is 5.27. The summed E-state index contributed by atoms with van der Waals surface area (Å²) in [5.41, 5.74) is 4.02. The van der Waals surface area contributed by atoms with Gasteiger partial charge in [-0.1, -0.05) is 36.5 Å². The fraction of sp³-hybridized carbons (Fsp3) is 0.467. The number of hydrogen-bond acceptors (Lipinski definition) is 1. The Morgan fingerprint density at radius 2 is 2.12 bits per heavy atom. The fourth-order valence-electron chi connectivity index (χ4n) is 2.13. The third kappa shape index (κ3) is 3.49. The van der Waals surface area contributed by atoms with E-state index in [9.17, 15) is 0 Å². The predicted molar refractivity (Wildman–Crippen MR) is 72.5 cm³/mol. The molecule has 1 heterocycles. The molecule has 0 amide bonds. The van der Waals surface area contributed by atoms with Crippen LogP contribution in [-0.2, 0) is 0 Å². The van der Waals surface area contributed by atoms with E-state index in [4.69, 9.17) is 0 Å². The fourth-order valence-corrected chi connectivity index (χ4v) is 2.13. The van der Waals surface area contributed by atoms with Crippen molar-refractivity contribution in [3.8, 4) is 0 Å². The van der Waals surface area contributed by atoms with E-state index in [-0.39, 0.29) is 0 Å². The number of hydrogen-bond donors (Lipinski definition) is 1. The van der Waals surface area contributed by atoms with Gasteiger partial charge in [0.15, 0.2) is 0 Å². The average Bonchev–Trinajstić information content (AvgIpc) is 2.76. The monoisotopic (exact) mass is 217 g/mol. The van der Waals surface area contributed by atoms with Gasteiger partial charge in [-0.3, -0.25) is 0 Å². The van der Waals surface area contributed by atoms with Crippen molar-refractivity contribution in [2.45, 2.75) is 39.7 Å². The van der Waals surface area contributed by atoms with Gasteiger partial charge in [0.05, 0.1) is 0 Å². The lowest BCUT2D eigenvalue weighted by Crippen LogP contribution is -2.24. The summed E-state index contributed by atoms with van der Waals surface area (Å²) in [5, 5.41) is 3.54. The smallest absolute Gasteiger partial charge is 0.0326 e. The van der Waals surface area contributed by atoms with Crippen LogP contribution in [0.5, 0.6) is 0 Å². The number of allylic oxidation sites excluding steroid dienone is 5. The van der Waals surface area contributed by atoms with Crippen molar-refractivity contribution < 1.29 is 0 Å². The zero-order valence-electron chi connectivity index (χ0n) is 10.7. The standard InChI is InChI=1S/C15H23N/c1-5-8-14(15-9-7-10-16-15)13(6-2)11-12(3)4/h5-6,8,11,15-16H,1,7,9-10H2,2-4H3/b13-6-,14-8+. The first kappa shape index (κ1) is 13.0. The zero-order valence-corrected chi connectivity index (χ0v) is 10.7.